The van der Waals surface area contributed by atoms with Crippen LogP contribution in [-0.4, -0.2) is 35.4 Å². The quantitative estimate of drug-likeness (QED) is 0.511. The van der Waals surface area contributed by atoms with Crippen LogP contribution < -0.4 is 10.1 Å². The lowest BCUT2D eigenvalue weighted by molar-refractivity contribution is -0.143. The molecule has 0 fully saturated rings. The van der Waals surface area contributed by atoms with Crippen molar-refractivity contribution in [2.45, 2.75) is 59.2 Å². The highest BCUT2D eigenvalue weighted by Crippen LogP contribution is 2.21. The molecule has 5 nitrogen and oxygen atoms in total. The molecule has 2 amide bonds. The van der Waals surface area contributed by atoms with Crippen LogP contribution in [0.1, 0.15) is 44.7 Å². The lowest BCUT2D eigenvalue weighted by atomic mass is 10.1. The SMILES string of the molecule is CC[C@H](C(=O)N[C@@H](C)CC)N(Cc1ccc(Cl)cc1)C(=O)COc1ccc(Cl)c(C)c1. The molecule has 0 aromatic heterocycles. The number of nitrogens with zero attached hydrogens (tertiary/aromatic N) is 1. The van der Waals surface area contributed by atoms with Gasteiger partial charge in [0.2, 0.25) is 5.91 Å². The van der Waals surface area contributed by atoms with E-state index in [1.54, 1.807) is 35.2 Å². The first kappa shape index (κ1) is 25.0. The minimum Gasteiger partial charge on any atom is -0.484 e. The maximum atomic E-state index is 13.2. The number of halogens is 2. The Balaban J connectivity index is 2.21. The van der Waals surface area contributed by atoms with Crippen molar-refractivity contribution in [1.29, 1.82) is 0 Å². The van der Waals surface area contributed by atoms with Gasteiger partial charge in [-0.3, -0.25) is 9.59 Å². The summed E-state index contributed by atoms with van der Waals surface area (Å²) in [6, 6.07) is 11.9. The Morgan fingerprint density at radius 2 is 1.74 bits per heavy atom. The first-order valence-electron chi connectivity index (χ1n) is 10.5. The van der Waals surface area contributed by atoms with Crippen LogP contribution >= 0.6 is 23.2 Å². The van der Waals surface area contributed by atoms with Crippen molar-refractivity contribution in [3.05, 3.63) is 63.6 Å². The van der Waals surface area contributed by atoms with Crippen molar-refractivity contribution in [2.24, 2.45) is 0 Å². The average molecular weight is 465 g/mol. The van der Waals surface area contributed by atoms with E-state index in [-0.39, 0.29) is 31.0 Å². The van der Waals surface area contributed by atoms with Gasteiger partial charge in [-0.15, -0.1) is 0 Å². The molecule has 0 unspecified atom stereocenters. The van der Waals surface area contributed by atoms with Gasteiger partial charge in [0.25, 0.3) is 5.91 Å². The van der Waals surface area contributed by atoms with Crippen molar-refractivity contribution in [3.63, 3.8) is 0 Å². The maximum absolute atomic E-state index is 13.2. The van der Waals surface area contributed by atoms with E-state index in [9.17, 15) is 9.59 Å². The van der Waals surface area contributed by atoms with Crippen molar-refractivity contribution in [3.8, 4) is 5.75 Å². The average Bonchev–Trinajstić information content (AvgIpc) is 2.75. The molecule has 31 heavy (non-hydrogen) atoms. The van der Waals surface area contributed by atoms with Crippen LogP contribution in [-0.2, 0) is 16.1 Å². The molecule has 2 rings (SSSR count). The smallest absolute Gasteiger partial charge is 0.261 e. The summed E-state index contributed by atoms with van der Waals surface area (Å²) >= 11 is 12.1. The van der Waals surface area contributed by atoms with E-state index >= 15 is 0 Å². The summed E-state index contributed by atoms with van der Waals surface area (Å²) in [4.78, 5) is 27.7. The summed E-state index contributed by atoms with van der Waals surface area (Å²) in [7, 11) is 0. The predicted molar refractivity (Wildman–Crippen MR) is 126 cm³/mol. The van der Waals surface area contributed by atoms with Gasteiger partial charge < -0.3 is 15.0 Å². The van der Waals surface area contributed by atoms with Gasteiger partial charge in [-0.25, -0.2) is 0 Å². The van der Waals surface area contributed by atoms with Gasteiger partial charge in [-0.05, 0) is 68.1 Å². The Morgan fingerprint density at radius 3 is 2.32 bits per heavy atom. The summed E-state index contributed by atoms with van der Waals surface area (Å²) in [5.41, 5.74) is 1.75. The van der Waals surface area contributed by atoms with E-state index in [1.807, 2.05) is 39.8 Å². The number of benzene rings is 2. The fraction of sp³-hybridized carbons (Fsp3) is 0.417. The van der Waals surface area contributed by atoms with Gasteiger partial charge in [0.05, 0.1) is 0 Å². The van der Waals surface area contributed by atoms with Crippen molar-refractivity contribution in [2.75, 3.05) is 6.61 Å². The molecule has 1 N–H and O–H groups in total. The third-order valence-electron chi connectivity index (χ3n) is 5.14. The van der Waals surface area contributed by atoms with E-state index in [2.05, 4.69) is 5.32 Å². The number of carbonyl (C=O) groups is 2. The topological polar surface area (TPSA) is 58.6 Å². The summed E-state index contributed by atoms with van der Waals surface area (Å²) in [6.07, 6.45) is 1.30. The molecule has 2 aromatic rings. The number of hydrogen-bond donors (Lipinski definition) is 1. The first-order chi connectivity index (χ1) is 14.7. The zero-order chi connectivity index (χ0) is 23.0. The zero-order valence-electron chi connectivity index (χ0n) is 18.5. The Bertz CT molecular complexity index is 887. The second kappa shape index (κ2) is 12.0. The highest BCUT2D eigenvalue weighted by atomic mass is 35.5. The lowest BCUT2D eigenvalue weighted by Gasteiger charge is -2.31. The van der Waals surface area contributed by atoms with E-state index < -0.39 is 6.04 Å². The van der Waals surface area contributed by atoms with Gasteiger partial charge in [0.15, 0.2) is 6.61 Å². The van der Waals surface area contributed by atoms with E-state index in [1.165, 1.54) is 0 Å². The molecule has 2 atom stereocenters. The zero-order valence-corrected chi connectivity index (χ0v) is 20.0. The van der Waals surface area contributed by atoms with Gasteiger partial charge in [0.1, 0.15) is 11.8 Å². The summed E-state index contributed by atoms with van der Waals surface area (Å²) in [5.74, 6) is 0.119. The van der Waals surface area contributed by atoms with Crippen LogP contribution in [0.5, 0.6) is 5.75 Å². The number of amides is 2. The summed E-state index contributed by atoms with van der Waals surface area (Å²) in [5, 5.41) is 4.24. The minimum atomic E-state index is -0.604. The largest absolute Gasteiger partial charge is 0.484 e. The van der Waals surface area contributed by atoms with E-state index in [0.717, 1.165) is 17.5 Å². The predicted octanol–water partition coefficient (Wildman–Crippen LogP) is 5.40. The molecule has 0 heterocycles. The standard InChI is InChI=1S/C24H30Cl2N2O3/c1-5-17(4)27-24(30)22(6-2)28(14-18-7-9-19(25)10-8-18)23(29)15-31-20-11-12-21(26)16(3)13-20/h7-13,17,22H,5-6,14-15H2,1-4H3,(H,27,30)/t17-,22+/m0/s1. The number of carbonyl (C=O) groups excluding carboxylic acids is 2. The van der Waals surface area contributed by atoms with Crippen LogP contribution in [0.4, 0.5) is 0 Å². The molecule has 168 valence electrons. The monoisotopic (exact) mass is 464 g/mol. The van der Waals surface area contributed by atoms with Crippen LogP contribution in [0.2, 0.25) is 10.0 Å². The Labute approximate surface area is 194 Å². The van der Waals surface area contributed by atoms with Gasteiger partial charge in [0, 0.05) is 22.6 Å². The van der Waals surface area contributed by atoms with Crippen LogP contribution in [0.25, 0.3) is 0 Å². The fourth-order valence-corrected chi connectivity index (χ4v) is 3.33. The molecule has 2 aromatic carbocycles. The second-order valence-electron chi connectivity index (χ2n) is 7.59. The fourth-order valence-electron chi connectivity index (χ4n) is 3.08. The highest BCUT2D eigenvalue weighted by Gasteiger charge is 2.29. The molecule has 0 aliphatic carbocycles. The number of aryl methyl sites for hydroxylation is 1. The molecular formula is C24H30Cl2N2O3. The second-order valence-corrected chi connectivity index (χ2v) is 8.43. The highest BCUT2D eigenvalue weighted by molar-refractivity contribution is 6.31. The Kier molecular flexibility index (Phi) is 9.66. The van der Waals surface area contributed by atoms with Gasteiger partial charge in [-0.1, -0.05) is 49.2 Å². The van der Waals surface area contributed by atoms with Crippen LogP contribution in [0, 0.1) is 6.92 Å². The van der Waals surface area contributed by atoms with Crippen LogP contribution in [0.3, 0.4) is 0 Å². The Morgan fingerprint density at radius 1 is 1.06 bits per heavy atom. The number of hydrogen-bond acceptors (Lipinski definition) is 3. The molecule has 0 bridgehead atoms. The number of nitrogens with one attached hydrogen (secondary N) is 1. The first-order valence-corrected chi connectivity index (χ1v) is 11.2. The summed E-state index contributed by atoms with van der Waals surface area (Å²) in [6.45, 7) is 7.82. The molecule has 7 heteroatoms. The van der Waals surface area contributed by atoms with Crippen LogP contribution in [0.15, 0.2) is 42.5 Å². The lowest BCUT2D eigenvalue weighted by Crippen LogP contribution is -2.51. The Hall–Kier alpha value is -2.24. The normalized spacial score (nSPS) is 12.7. The molecule has 0 aliphatic rings. The maximum Gasteiger partial charge on any atom is 0.261 e. The molecule has 0 spiro atoms. The molecule has 0 saturated heterocycles. The van der Waals surface area contributed by atoms with Gasteiger partial charge in [-0.2, -0.15) is 0 Å². The molecular weight excluding hydrogens is 435 g/mol. The third kappa shape index (κ3) is 7.44. The molecule has 0 saturated carbocycles. The number of ether oxygens (including phenoxy) is 1. The van der Waals surface area contributed by atoms with E-state index in [4.69, 9.17) is 27.9 Å². The van der Waals surface area contributed by atoms with Crippen molar-refractivity contribution < 1.29 is 14.3 Å². The van der Waals surface area contributed by atoms with E-state index in [0.29, 0.717) is 22.2 Å². The molecule has 0 radical (unpaired) electrons. The van der Waals surface area contributed by atoms with Gasteiger partial charge >= 0.3 is 0 Å². The van der Waals surface area contributed by atoms with Crippen molar-refractivity contribution >= 4 is 35.0 Å². The summed E-state index contributed by atoms with van der Waals surface area (Å²) < 4.78 is 5.72. The third-order valence-corrected chi connectivity index (χ3v) is 5.82. The molecule has 0 aliphatic heterocycles. The number of rotatable bonds is 10. The minimum absolute atomic E-state index is 0.0299. The van der Waals surface area contributed by atoms with Crippen molar-refractivity contribution in [1.82, 2.24) is 10.2 Å².